The van der Waals surface area contributed by atoms with Crippen LogP contribution in [-0.2, 0) is 11.1 Å². The second kappa shape index (κ2) is 4.77. The summed E-state index contributed by atoms with van der Waals surface area (Å²) in [7, 11) is 1.61. The highest BCUT2D eigenvalue weighted by molar-refractivity contribution is 7.79. The number of hydrogen-bond donors (Lipinski definition) is 1. The van der Waals surface area contributed by atoms with Crippen molar-refractivity contribution in [2.24, 2.45) is 0 Å². The molecule has 1 aromatic rings. The Morgan fingerprint density at radius 3 is 2.40 bits per heavy atom. The normalized spacial score (nSPS) is 12.9. The van der Waals surface area contributed by atoms with Gasteiger partial charge in [-0.15, -0.1) is 0 Å². The lowest BCUT2D eigenvalue weighted by Crippen LogP contribution is -2.00. The molecule has 0 fully saturated rings. The Morgan fingerprint density at radius 1 is 1.40 bits per heavy atom. The highest BCUT2D eigenvalue weighted by Gasteiger charge is 2.13. The SMILES string of the molecule is COc1cc(C)c(S(=O)O)cc1C(C)C. The number of aryl methyl sites for hydroxylation is 1. The van der Waals surface area contributed by atoms with Crippen molar-refractivity contribution in [3.05, 3.63) is 23.3 Å². The molecule has 4 heteroatoms. The summed E-state index contributed by atoms with van der Waals surface area (Å²) in [6.07, 6.45) is 0. The first-order chi connectivity index (χ1) is 6.97. The Hall–Kier alpha value is -0.870. The summed E-state index contributed by atoms with van der Waals surface area (Å²) in [6, 6.07) is 3.55. The molecule has 0 spiro atoms. The maximum Gasteiger partial charge on any atom is 0.186 e. The van der Waals surface area contributed by atoms with E-state index in [1.807, 2.05) is 13.8 Å². The standard InChI is InChI=1S/C11H16O3S/c1-7(2)9-6-11(15(12)13)8(3)5-10(9)14-4/h5-7H,1-4H3,(H,12,13). The van der Waals surface area contributed by atoms with Gasteiger partial charge in [0.2, 0.25) is 0 Å². The van der Waals surface area contributed by atoms with Crippen molar-refractivity contribution in [2.45, 2.75) is 31.6 Å². The van der Waals surface area contributed by atoms with E-state index in [-0.39, 0.29) is 5.92 Å². The molecule has 0 aliphatic rings. The molecule has 1 atom stereocenters. The van der Waals surface area contributed by atoms with Crippen LogP contribution >= 0.6 is 0 Å². The molecule has 0 saturated heterocycles. The van der Waals surface area contributed by atoms with Gasteiger partial charge in [0, 0.05) is 0 Å². The second-order valence-electron chi connectivity index (χ2n) is 3.76. The molecule has 1 N–H and O–H groups in total. The predicted molar refractivity (Wildman–Crippen MR) is 60.9 cm³/mol. The minimum absolute atomic E-state index is 0.267. The van der Waals surface area contributed by atoms with Gasteiger partial charge in [-0.2, -0.15) is 0 Å². The van der Waals surface area contributed by atoms with Crippen molar-refractivity contribution in [3.8, 4) is 5.75 Å². The number of methoxy groups -OCH3 is 1. The zero-order valence-corrected chi connectivity index (χ0v) is 10.2. The Morgan fingerprint density at radius 2 is 2.00 bits per heavy atom. The van der Waals surface area contributed by atoms with Crippen LogP contribution in [0.3, 0.4) is 0 Å². The molecular formula is C11H16O3S. The zero-order chi connectivity index (χ0) is 11.6. The smallest absolute Gasteiger partial charge is 0.186 e. The van der Waals surface area contributed by atoms with Crippen LogP contribution in [0.2, 0.25) is 0 Å². The molecule has 15 heavy (non-hydrogen) atoms. The number of hydrogen-bond acceptors (Lipinski definition) is 2. The van der Waals surface area contributed by atoms with E-state index in [1.165, 1.54) is 0 Å². The lowest BCUT2D eigenvalue weighted by Gasteiger charge is -2.14. The van der Waals surface area contributed by atoms with Crippen LogP contribution in [0.1, 0.15) is 30.9 Å². The molecular weight excluding hydrogens is 212 g/mol. The van der Waals surface area contributed by atoms with Gasteiger partial charge in [-0.3, -0.25) is 0 Å². The summed E-state index contributed by atoms with van der Waals surface area (Å²) in [5.41, 5.74) is 1.73. The van der Waals surface area contributed by atoms with Crippen LogP contribution in [0, 0.1) is 6.92 Å². The number of benzene rings is 1. The summed E-state index contributed by atoms with van der Waals surface area (Å²) in [5.74, 6) is 1.04. The van der Waals surface area contributed by atoms with E-state index >= 15 is 0 Å². The molecule has 0 aliphatic carbocycles. The molecule has 1 unspecified atom stereocenters. The molecule has 0 saturated carbocycles. The van der Waals surface area contributed by atoms with Crippen molar-refractivity contribution >= 4 is 11.1 Å². The van der Waals surface area contributed by atoms with E-state index in [4.69, 9.17) is 9.29 Å². The fourth-order valence-electron chi connectivity index (χ4n) is 1.49. The van der Waals surface area contributed by atoms with Crippen molar-refractivity contribution in [3.63, 3.8) is 0 Å². The Labute approximate surface area is 92.7 Å². The molecule has 0 heterocycles. The van der Waals surface area contributed by atoms with Crippen molar-refractivity contribution in [2.75, 3.05) is 7.11 Å². The summed E-state index contributed by atoms with van der Waals surface area (Å²) < 4.78 is 25.4. The first-order valence-electron chi connectivity index (χ1n) is 4.76. The van der Waals surface area contributed by atoms with Crippen molar-refractivity contribution in [1.82, 2.24) is 0 Å². The van der Waals surface area contributed by atoms with E-state index in [0.717, 1.165) is 16.9 Å². The summed E-state index contributed by atoms with van der Waals surface area (Å²) in [5, 5.41) is 0. The quantitative estimate of drug-likeness (QED) is 0.809. The molecule has 0 aromatic heterocycles. The van der Waals surface area contributed by atoms with Crippen molar-refractivity contribution in [1.29, 1.82) is 0 Å². The third-order valence-corrected chi connectivity index (χ3v) is 3.15. The van der Waals surface area contributed by atoms with E-state index in [1.54, 1.807) is 26.2 Å². The van der Waals surface area contributed by atoms with Crippen LogP contribution in [-0.4, -0.2) is 15.9 Å². The second-order valence-corrected chi connectivity index (χ2v) is 4.70. The monoisotopic (exact) mass is 228 g/mol. The van der Waals surface area contributed by atoms with Crippen LogP contribution < -0.4 is 4.74 Å². The molecule has 0 radical (unpaired) electrons. The molecule has 1 aromatic carbocycles. The number of ether oxygens (including phenoxy) is 1. The lowest BCUT2D eigenvalue weighted by atomic mass is 10.0. The lowest BCUT2D eigenvalue weighted by molar-refractivity contribution is 0.406. The number of rotatable bonds is 3. The molecule has 0 amide bonds. The molecule has 3 nitrogen and oxygen atoms in total. The third-order valence-electron chi connectivity index (χ3n) is 2.34. The fourth-order valence-corrected chi connectivity index (χ4v) is 2.06. The van der Waals surface area contributed by atoms with Gasteiger partial charge in [0.25, 0.3) is 0 Å². The average molecular weight is 228 g/mol. The largest absolute Gasteiger partial charge is 0.496 e. The molecule has 0 aliphatic heterocycles. The molecule has 84 valence electrons. The maximum absolute atomic E-state index is 11.1. The van der Waals surface area contributed by atoms with Gasteiger partial charge in [0.05, 0.1) is 12.0 Å². The van der Waals surface area contributed by atoms with Crippen LogP contribution in [0.25, 0.3) is 0 Å². The first-order valence-corrected chi connectivity index (χ1v) is 5.87. The Bertz CT molecular complexity index is 386. The minimum atomic E-state index is -1.93. The van der Waals surface area contributed by atoms with Crippen molar-refractivity contribution < 1.29 is 13.5 Å². The van der Waals surface area contributed by atoms with Gasteiger partial charge >= 0.3 is 0 Å². The van der Waals surface area contributed by atoms with Gasteiger partial charge in [-0.05, 0) is 36.1 Å². The van der Waals surface area contributed by atoms with E-state index in [0.29, 0.717) is 4.90 Å². The highest BCUT2D eigenvalue weighted by Crippen LogP contribution is 2.30. The van der Waals surface area contributed by atoms with E-state index < -0.39 is 11.1 Å². The third kappa shape index (κ3) is 2.58. The highest BCUT2D eigenvalue weighted by atomic mass is 32.2. The molecule has 1 rings (SSSR count). The summed E-state index contributed by atoms with van der Waals surface area (Å²) in [6.45, 7) is 5.85. The van der Waals surface area contributed by atoms with E-state index in [2.05, 4.69) is 0 Å². The average Bonchev–Trinajstić information content (AvgIpc) is 2.16. The topological polar surface area (TPSA) is 46.5 Å². The van der Waals surface area contributed by atoms with Crippen LogP contribution in [0.15, 0.2) is 17.0 Å². The predicted octanol–water partition coefficient (Wildman–Crippen LogP) is 2.71. The van der Waals surface area contributed by atoms with Gasteiger partial charge < -0.3 is 9.29 Å². The zero-order valence-electron chi connectivity index (χ0n) is 9.40. The maximum atomic E-state index is 11.1. The van der Waals surface area contributed by atoms with E-state index in [9.17, 15) is 4.21 Å². The summed E-state index contributed by atoms with van der Waals surface area (Å²) in [4.78, 5) is 0.458. The molecule has 0 bridgehead atoms. The Kier molecular flexibility index (Phi) is 3.88. The first kappa shape index (κ1) is 12.2. The minimum Gasteiger partial charge on any atom is -0.496 e. The van der Waals surface area contributed by atoms with Gasteiger partial charge in [0.15, 0.2) is 11.1 Å². The van der Waals surface area contributed by atoms with Gasteiger partial charge in [-0.1, -0.05) is 13.8 Å². The Balaban J connectivity index is 3.37. The van der Waals surface area contributed by atoms with Crippen LogP contribution in [0.4, 0.5) is 0 Å². The van der Waals surface area contributed by atoms with Gasteiger partial charge in [-0.25, -0.2) is 4.21 Å². The summed E-state index contributed by atoms with van der Waals surface area (Å²) >= 11 is -1.93. The fraction of sp³-hybridized carbons (Fsp3) is 0.455. The van der Waals surface area contributed by atoms with Gasteiger partial charge in [0.1, 0.15) is 5.75 Å². The van der Waals surface area contributed by atoms with Crippen LogP contribution in [0.5, 0.6) is 5.75 Å².